The summed E-state index contributed by atoms with van der Waals surface area (Å²) in [6.07, 6.45) is -3.10. The molecule has 1 unspecified atom stereocenters. The van der Waals surface area contributed by atoms with E-state index in [1.807, 2.05) is 0 Å². The van der Waals surface area contributed by atoms with Gasteiger partial charge in [0.25, 0.3) is 5.91 Å². The second kappa shape index (κ2) is 5.80. The molecule has 0 saturated heterocycles. The van der Waals surface area contributed by atoms with Crippen LogP contribution in [0.3, 0.4) is 0 Å². The third-order valence-corrected chi connectivity index (χ3v) is 3.67. The standard InChI is InChI=1S/C13H10F4N2OS/c1-7(12-18-4-5-21-12)19-11(20)9-6-8(13(15,16)17)2-3-10(9)14/h2-7H,1H3,(H,19,20). The second-order valence-electron chi connectivity index (χ2n) is 4.26. The Bertz CT molecular complexity index is 640. The highest BCUT2D eigenvalue weighted by atomic mass is 32.1. The zero-order valence-electron chi connectivity index (χ0n) is 10.7. The Labute approximate surface area is 121 Å². The van der Waals surface area contributed by atoms with Gasteiger partial charge in [-0.05, 0) is 25.1 Å². The van der Waals surface area contributed by atoms with Crippen LogP contribution in [-0.2, 0) is 6.18 Å². The third kappa shape index (κ3) is 3.57. The number of hydrogen-bond acceptors (Lipinski definition) is 3. The van der Waals surface area contributed by atoms with Gasteiger partial charge in [0, 0.05) is 11.6 Å². The van der Waals surface area contributed by atoms with Crippen molar-refractivity contribution in [2.24, 2.45) is 0 Å². The Hall–Kier alpha value is -1.96. The van der Waals surface area contributed by atoms with Crippen LogP contribution in [0.5, 0.6) is 0 Å². The molecule has 1 N–H and O–H groups in total. The molecule has 1 atom stereocenters. The van der Waals surface area contributed by atoms with Gasteiger partial charge in [-0.1, -0.05) is 0 Å². The maximum absolute atomic E-state index is 13.6. The lowest BCUT2D eigenvalue weighted by Gasteiger charge is -2.13. The van der Waals surface area contributed by atoms with Crippen molar-refractivity contribution in [2.75, 3.05) is 0 Å². The molecule has 8 heteroatoms. The van der Waals surface area contributed by atoms with E-state index in [9.17, 15) is 22.4 Å². The number of alkyl halides is 3. The highest BCUT2D eigenvalue weighted by Gasteiger charge is 2.32. The van der Waals surface area contributed by atoms with Gasteiger partial charge in [-0.3, -0.25) is 4.79 Å². The molecule has 1 aromatic carbocycles. The summed E-state index contributed by atoms with van der Waals surface area (Å²) < 4.78 is 51.3. The fourth-order valence-corrected chi connectivity index (χ4v) is 2.31. The quantitative estimate of drug-likeness (QED) is 0.875. The van der Waals surface area contributed by atoms with Gasteiger partial charge in [0.2, 0.25) is 0 Å². The topological polar surface area (TPSA) is 42.0 Å². The van der Waals surface area contributed by atoms with Gasteiger partial charge in [-0.2, -0.15) is 13.2 Å². The number of thiazole rings is 1. The van der Waals surface area contributed by atoms with Gasteiger partial charge in [0.15, 0.2) is 0 Å². The van der Waals surface area contributed by atoms with Gasteiger partial charge in [0.1, 0.15) is 10.8 Å². The lowest BCUT2D eigenvalue weighted by Crippen LogP contribution is -2.27. The highest BCUT2D eigenvalue weighted by Crippen LogP contribution is 2.30. The summed E-state index contributed by atoms with van der Waals surface area (Å²) >= 11 is 1.28. The van der Waals surface area contributed by atoms with E-state index in [0.717, 1.165) is 0 Å². The van der Waals surface area contributed by atoms with Crippen LogP contribution in [0.1, 0.15) is 33.9 Å². The van der Waals surface area contributed by atoms with E-state index in [1.54, 1.807) is 12.3 Å². The Morgan fingerprint density at radius 2 is 2.10 bits per heavy atom. The largest absolute Gasteiger partial charge is 0.416 e. The number of benzene rings is 1. The molecule has 0 aliphatic carbocycles. The van der Waals surface area contributed by atoms with Crippen molar-refractivity contribution in [1.29, 1.82) is 0 Å². The lowest BCUT2D eigenvalue weighted by atomic mass is 10.1. The van der Waals surface area contributed by atoms with Crippen LogP contribution in [0.15, 0.2) is 29.8 Å². The van der Waals surface area contributed by atoms with E-state index in [2.05, 4.69) is 10.3 Å². The van der Waals surface area contributed by atoms with E-state index in [4.69, 9.17) is 0 Å². The molecule has 21 heavy (non-hydrogen) atoms. The average Bonchev–Trinajstić information content (AvgIpc) is 2.91. The number of nitrogens with one attached hydrogen (secondary N) is 1. The van der Waals surface area contributed by atoms with Gasteiger partial charge in [-0.15, -0.1) is 11.3 Å². The van der Waals surface area contributed by atoms with Crippen molar-refractivity contribution in [3.8, 4) is 0 Å². The Kier molecular flexibility index (Phi) is 4.26. The fraction of sp³-hybridized carbons (Fsp3) is 0.231. The van der Waals surface area contributed by atoms with Crippen LogP contribution in [-0.4, -0.2) is 10.9 Å². The molecule has 112 valence electrons. The molecular formula is C13H10F4N2OS. The molecule has 1 heterocycles. The molecule has 0 spiro atoms. The summed E-state index contributed by atoms with van der Waals surface area (Å²) in [5.74, 6) is -1.92. The number of rotatable bonds is 3. The number of halogens is 4. The Morgan fingerprint density at radius 3 is 2.67 bits per heavy atom. The maximum atomic E-state index is 13.6. The monoisotopic (exact) mass is 318 g/mol. The first-order valence-electron chi connectivity index (χ1n) is 5.86. The molecule has 0 bridgehead atoms. The molecule has 2 rings (SSSR count). The number of carbonyl (C=O) groups excluding carboxylic acids is 1. The zero-order chi connectivity index (χ0) is 15.6. The number of carbonyl (C=O) groups is 1. The Balaban J connectivity index is 2.23. The van der Waals surface area contributed by atoms with Crippen molar-refractivity contribution in [3.63, 3.8) is 0 Å². The predicted octanol–water partition coefficient (Wildman–Crippen LogP) is 3.79. The molecule has 1 amide bonds. The van der Waals surface area contributed by atoms with Crippen molar-refractivity contribution in [3.05, 3.63) is 51.7 Å². The van der Waals surface area contributed by atoms with Gasteiger partial charge >= 0.3 is 6.18 Å². The van der Waals surface area contributed by atoms with E-state index in [1.165, 1.54) is 17.5 Å². The third-order valence-electron chi connectivity index (χ3n) is 2.71. The summed E-state index contributed by atoms with van der Waals surface area (Å²) in [5, 5.41) is 4.70. The molecule has 0 radical (unpaired) electrons. The summed E-state index contributed by atoms with van der Waals surface area (Å²) in [5.41, 5.74) is -1.72. The van der Waals surface area contributed by atoms with E-state index in [-0.39, 0.29) is 0 Å². The number of amides is 1. The van der Waals surface area contributed by atoms with Gasteiger partial charge < -0.3 is 5.32 Å². The molecule has 2 aromatic rings. The number of hydrogen-bond donors (Lipinski definition) is 1. The predicted molar refractivity (Wildman–Crippen MR) is 69.4 cm³/mol. The molecule has 0 aliphatic rings. The summed E-state index contributed by atoms with van der Waals surface area (Å²) in [6.45, 7) is 1.61. The number of nitrogens with zero attached hydrogens (tertiary/aromatic N) is 1. The van der Waals surface area contributed by atoms with Crippen LogP contribution < -0.4 is 5.32 Å². The summed E-state index contributed by atoms with van der Waals surface area (Å²) in [7, 11) is 0. The van der Waals surface area contributed by atoms with Crippen molar-refractivity contribution < 1.29 is 22.4 Å². The lowest BCUT2D eigenvalue weighted by molar-refractivity contribution is -0.137. The van der Waals surface area contributed by atoms with Gasteiger partial charge in [-0.25, -0.2) is 9.37 Å². The minimum Gasteiger partial charge on any atom is -0.343 e. The molecule has 0 saturated carbocycles. The highest BCUT2D eigenvalue weighted by molar-refractivity contribution is 7.09. The molecular weight excluding hydrogens is 308 g/mol. The normalized spacial score (nSPS) is 13.0. The first kappa shape index (κ1) is 15.4. The van der Waals surface area contributed by atoms with Crippen molar-refractivity contribution in [1.82, 2.24) is 10.3 Å². The minimum atomic E-state index is -4.64. The maximum Gasteiger partial charge on any atom is 0.416 e. The fourth-order valence-electron chi connectivity index (χ4n) is 1.66. The molecule has 3 nitrogen and oxygen atoms in total. The average molecular weight is 318 g/mol. The molecule has 0 aliphatic heterocycles. The first-order chi connectivity index (χ1) is 9.79. The summed E-state index contributed by atoms with van der Waals surface area (Å²) in [4.78, 5) is 15.9. The van der Waals surface area contributed by atoms with Crippen LogP contribution in [0, 0.1) is 5.82 Å². The Morgan fingerprint density at radius 1 is 1.38 bits per heavy atom. The SMILES string of the molecule is CC(NC(=O)c1cc(C(F)(F)F)ccc1F)c1nccs1. The van der Waals surface area contributed by atoms with Crippen LogP contribution in [0.4, 0.5) is 17.6 Å². The summed E-state index contributed by atoms with van der Waals surface area (Å²) in [6, 6.07) is 1.20. The zero-order valence-corrected chi connectivity index (χ0v) is 11.6. The molecule has 1 aromatic heterocycles. The van der Waals surface area contributed by atoms with E-state index in [0.29, 0.717) is 23.2 Å². The van der Waals surface area contributed by atoms with Crippen molar-refractivity contribution in [2.45, 2.75) is 19.1 Å². The van der Waals surface area contributed by atoms with E-state index < -0.39 is 35.1 Å². The molecule has 0 fully saturated rings. The number of aromatic nitrogens is 1. The second-order valence-corrected chi connectivity index (χ2v) is 5.18. The van der Waals surface area contributed by atoms with Gasteiger partial charge in [0.05, 0.1) is 17.2 Å². The van der Waals surface area contributed by atoms with Crippen LogP contribution in [0.2, 0.25) is 0 Å². The van der Waals surface area contributed by atoms with E-state index >= 15 is 0 Å². The smallest absolute Gasteiger partial charge is 0.343 e. The van der Waals surface area contributed by atoms with Crippen LogP contribution >= 0.6 is 11.3 Å². The van der Waals surface area contributed by atoms with Crippen molar-refractivity contribution >= 4 is 17.2 Å². The minimum absolute atomic E-state index is 0.499. The van der Waals surface area contributed by atoms with Crippen LogP contribution in [0.25, 0.3) is 0 Å². The first-order valence-corrected chi connectivity index (χ1v) is 6.74.